The van der Waals surface area contributed by atoms with Crippen LogP contribution >= 0.6 is 15.6 Å². The minimum absolute atomic E-state index is 0.105. The maximum Gasteiger partial charge on any atom is 0.472 e. The molecule has 5 atom stereocenters. The van der Waals surface area contributed by atoms with E-state index in [0.29, 0.717) is 31.6 Å². The Morgan fingerprint density at radius 3 is 0.633 bits per heavy atom. The summed E-state index contributed by atoms with van der Waals surface area (Å²) in [5.41, 5.74) is 0. The molecular weight excluding hydrogens is 1280 g/mol. The summed E-state index contributed by atoms with van der Waals surface area (Å²) in [6.07, 6.45) is 54.2. The number of phosphoric ester groups is 2. The number of ether oxygens (including phenoxy) is 4. The Kier molecular flexibility index (Phi) is 66.8. The van der Waals surface area contributed by atoms with Crippen molar-refractivity contribution in [3.8, 4) is 0 Å². The Bertz CT molecular complexity index is 1920. The number of rotatable bonds is 76. The highest BCUT2D eigenvalue weighted by atomic mass is 31.2. The van der Waals surface area contributed by atoms with Crippen LogP contribution in [0.5, 0.6) is 0 Å². The molecule has 3 N–H and O–H groups in total. The predicted octanol–water partition coefficient (Wildman–Crippen LogP) is 23.2. The molecule has 0 aliphatic carbocycles. The maximum atomic E-state index is 13.1. The Morgan fingerprint density at radius 1 is 0.255 bits per heavy atom. The van der Waals surface area contributed by atoms with Crippen molar-refractivity contribution in [3.63, 3.8) is 0 Å². The van der Waals surface area contributed by atoms with Crippen molar-refractivity contribution in [1.82, 2.24) is 0 Å². The van der Waals surface area contributed by atoms with Crippen LogP contribution in [0, 0.1) is 23.7 Å². The zero-order valence-electron chi connectivity index (χ0n) is 64.4. The number of hydrogen-bond acceptors (Lipinski definition) is 15. The fraction of sp³-hybridized carbons (Fsp3) is 0.949. The molecule has 0 bridgehead atoms. The SMILES string of the molecule is CC(C)CCCCCCCCCCCCCCCCCCC(=O)OC[C@H](COP(=O)(O)OCC(O)COP(=O)(O)OC[C@@H](COC(=O)CCCCCCCCCC(C)C)OC(=O)CCCCCCCCCCCCC(C)C)OC(=O)CCCCCCCCCCCCCCCC(C)C. The first-order valence-corrected chi connectivity index (χ1v) is 43.7. The van der Waals surface area contributed by atoms with Crippen LogP contribution in [0.3, 0.4) is 0 Å². The van der Waals surface area contributed by atoms with E-state index in [2.05, 4.69) is 55.4 Å². The van der Waals surface area contributed by atoms with Crippen LogP contribution < -0.4 is 0 Å². The summed E-state index contributed by atoms with van der Waals surface area (Å²) in [5.74, 6) is 0.939. The second-order valence-corrected chi connectivity index (χ2v) is 33.3. The van der Waals surface area contributed by atoms with Crippen molar-refractivity contribution in [2.45, 2.75) is 420 Å². The standard InChI is InChI=1S/C79H154O17P2/c1-69(2)55-47-39-31-24-18-14-11-9-10-12-16-20-27-35-43-51-59-76(81)89-65-74(95-78(83)61-53-45-36-28-21-17-13-15-19-25-32-40-48-56-70(3)4)67-93-97(85,86)91-63-73(80)64-92-98(87,88)94-68-75(66-90-77(82)60-52-44-38-30-34-42-50-58-72(7)8)96-79(84)62-54-46-37-29-23-22-26-33-41-49-57-71(5)6/h69-75,80H,9-68H2,1-8H3,(H,85,86)(H,87,88)/t73?,74-,75-/m1/s1. The zero-order valence-corrected chi connectivity index (χ0v) is 66.2. The minimum atomic E-state index is -4.96. The molecule has 0 aromatic heterocycles. The Labute approximate surface area is 600 Å². The van der Waals surface area contributed by atoms with E-state index in [9.17, 15) is 43.2 Å². The molecule has 0 aromatic carbocycles. The number of phosphoric acid groups is 2. The molecule has 19 heteroatoms. The van der Waals surface area contributed by atoms with Gasteiger partial charge in [-0.25, -0.2) is 9.13 Å². The Hall–Kier alpha value is -1.94. The molecule has 98 heavy (non-hydrogen) atoms. The van der Waals surface area contributed by atoms with Gasteiger partial charge in [-0.15, -0.1) is 0 Å². The molecule has 0 radical (unpaired) electrons. The van der Waals surface area contributed by atoms with E-state index in [4.69, 9.17) is 37.0 Å². The van der Waals surface area contributed by atoms with Crippen molar-refractivity contribution in [3.05, 3.63) is 0 Å². The number of esters is 4. The molecule has 0 fully saturated rings. The average molecular weight is 1440 g/mol. The third kappa shape index (κ3) is 72.4. The van der Waals surface area contributed by atoms with E-state index in [1.54, 1.807) is 0 Å². The van der Waals surface area contributed by atoms with E-state index in [0.717, 1.165) is 114 Å². The molecule has 3 unspecified atom stereocenters. The molecule has 0 heterocycles. The molecule has 0 aliphatic rings. The average Bonchev–Trinajstić information content (AvgIpc) is 1.07. The number of aliphatic hydroxyl groups excluding tert-OH is 1. The van der Waals surface area contributed by atoms with Gasteiger partial charge in [-0.2, -0.15) is 0 Å². The number of aliphatic hydroxyl groups is 1. The summed E-state index contributed by atoms with van der Waals surface area (Å²) in [5, 5.41) is 10.6. The fourth-order valence-electron chi connectivity index (χ4n) is 12.1. The van der Waals surface area contributed by atoms with Crippen LogP contribution in [0.15, 0.2) is 0 Å². The largest absolute Gasteiger partial charge is 0.472 e. The van der Waals surface area contributed by atoms with Crippen LogP contribution in [-0.4, -0.2) is 96.7 Å². The van der Waals surface area contributed by atoms with E-state index >= 15 is 0 Å². The van der Waals surface area contributed by atoms with Gasteiger partial charge in [-0.3, -0.25) is 37.3 Å². The van der Waals surface area contributed by atoms with Crippen molar-refractivity contribution in [1.29, 1.82) is 0 Å². The maximum absolute atomic E-state index is 13.1. The lowest BCUT2D eigenvalue weighted by Gasteiger charge is -2.21. The van der Waals surface area contributed by atoms with Gasteiger partial charge in [0.1, 0.15) is 19.3 Å². The van der Waals surface area contributed by atoms with Gasteiger partial charge in [0.05, 0.1) is 26.4 Å². The summed E-state index contributed by atoms with van der Waals surface area (Å²) >= 11 is 0. The van der Waals surface area contributed by atoms with Gasteiger partial charge in [-0.05, 0) is 49.4 Å². The van der Waals surface area contributed by atoms with Gasteiger partial charge in [0.2, 0.25) is 0 Å². The second-order valence-electron chi connectivity index (χ2n) is 30.4. The highest BCUT2D eigenvalue weighted by molar-refractivity contribution is 7.47. The van der Waals surface area contributed by atoms with Crippen LogP contribution in [0.25, 0.3) is 0 Å². The van der Waals surface area contributed by atoms with E-state index < -0.39 is 97.5 Å². The number of carbonyl (C=O) groups is 4. The van der Waals surface area contributed by atoms with Crippen molar-refractivity contribution in [2.24, 2.45) is 23.7 Å². The predicted molar refractivity (Wildman–Crippen MR) is 400 cm³/mol. The van der Waals surface area contributed by atoms with Crippen LogP contribution in [0.4, 0.5) is 0 Å². The summed E-state index contributed by atoms with van der Waals surface area (Å²) in [6, 6.07) is 0. The van der Waals surface area contributed by atoms with E-state index in [1.807, 2.05) is 0 Å². The molecule has 0 amide bonds. The first-order valence-electron chi connectivity index (χ1n) is 40.7. The van der Waals surface area contributed by atoms with Gasteiger partial charge < -0.3 is 33.8 Å². The number of unbranched alkanes of at least 4 members (excludes halogenated alkanes) is 42. The van der Waals surface area contributed by atoms with Crippen LogP contribution in [-0.2, 0) is 65.4 Å². The van der Waals surface area contributed by atoms with Gasteiger partial charge in [0, 0.05) is 25.7 Å². The lowest BCUT2D eigenvalue weighted by molar-refractivity contribution is -0.161. The molecule has 0 saturated carbocycles. The molecule has 582 valence electrons. The summed E-state index contributed by atoms with van der Waals surface area (Å²) < 4.78 is 68.6. The first-order chi connectivity index (χ1) is 47.1. The van der Waals surface area contributed by atoms with Crippen LogP contribution in [0.2, 0.25) is 0 Å². The van der Waals surface area contributed by atoms with Gasteiger partial charge in [0.15, 0.2) is 12.2 Å². The van der Waals surface area contributed by atoms with Crippen molar-refractivity contribution in [2.75, 3.05) is 39.6 Å². The quantitative estimate of drug-likeness (QED) is 0.0222. The van der Waals surface area contributed by atoms with Gasteiger partial charge >= 0.3 is 39.5 Å². The van der Waals surface area contributed by atoms with Gasteiger partial charge in [-0.1, -0.05) is 351 Å². The normalized spacial score (nSPS) is 14.1. The molecule has 0 saturated heterocycles. The summed E-state index contributed by atoms with van der Waals surface area (Å²) in [4.78, 5) is 72.9. The Morgan fingerprint density at radius 2 is 0.429 bits per heavy atom. The first kappa shape index (κ1) is 96.1. The number of carbonyl (C=O) groups excluding carboxylic acids is 4. The smallest absolute Gasteiger partial charge is 0.462 e. The number of hydrogen-bond donors (Lipinski definition) is 3. The van der Waals surface area contributed by atoms with Crippen LogP contribution in [0.1, 0.15) is 402 Å². The zero-order chi connectivity index (χ0) is 72.4. The topological polar surface area (TPSA) is 237 Å². The molecule has 0 aromatic rings. The Balaban J connectivity index is 5.23. The molecule has 0 aliphatic heterocycles. The lowest BCUT2D eigenvalue weighted by atomic mass is 10.0. The minimum Gasteiger partial charge on any atom is -0.462 e. The lowest BCUT2D eigenvalue weighted by Crippen LogP contribution is -2.30. The monoisotopic (exact) mass is 1440 g/mol. The van der Waals surface area contributed by atoms with E-state index in [-0.39, 0.29) is 25.7 Å². The molecule has 17 nitrogen and oxygen atoms in total. The second kappa shape index (κ2) is 68.2. The summed E-state index contributed by atoms with van der Waals surface area (Å²) in [6.45, 7) is 14.2. The third-order valence-electron chi connectivity index (χ3n) is 18.3. The highest BCUT2D eigenvalue weighted by Crippen LogP contribution is 2.45. The molecule has 0 spiro atoms. The van der Waals surface area contributed by atoms with Gasteiger partial charge in [0.25, 0.3) is 0 Å². The molecule has 0 rings (SSSR count). The fourth-order valence-corrected chi connectivity index (χ4v) is 13.7. The van der Waals surface area contributed by atoms with Crippen molar-refractivity contribution >= 4 is 39.5 Å². The molecular formula is C79H154O17P2. The summed E-state index contributed by atoms with van der Waals surface area (Å²) in [7, 11) is -9.92. The highest BCUT2D eigenvalue weighted by Gasteiger charge is 2.30. The van der Waals surface area contributed by atoms with Crippen molar-refractivity contribution < 1.29 is 80.2 Å². The third-order valence-corrected chi connectivity index (χ3v) is 20.2. The van der Waals surface area contributed by atoms with E-state index in [1.165, 1.54) is 199 Å².